The molecular weight excluding hydrogens is 665 g/mol. The minimum Gasteiger partial charge on any atom is -0.454 e. The van der Waals surface area contributed by atoms with Crippen molar-refractivity contribution in [1.82, 2.24) is 19.2 Å². The number of sulfonamides is 1. The van der Waals surface area contributed by atoms with Crippen LogP contribution in [-0.2, 0) is 27.8 Å². The number of hydrogen-bond donors (Lipinski definition) is 0. The Morgan fingerprint density at radius 2 is 1.50 bits per heavy atom. The molecule has 4 aromatic rings. The molecule has 2 saturated heterocycles. The number of aryl methyl sites for hydroxylation is 1. The molecule has 8 rings (SSSR count). The fourth-order valence-electron chi connectivity index (χ4n) is 6.87. The molecule has 50 heavy (non-hydrogen) atoms. The Morgan fingerprint density at radius 3 is 2.26 bits per heavy atom. The van der Waals surface area contributed by atoms with Gasteiger partial charge in [-0.3, -0.25) is 9.69 Å². The first-order valence-corrected chi connectivity index (χ1v) is 18.2. The van der Waals surface area contributed by atoms with Gasteiger partial charge in [0.05, 0.1) is 16.6 Å². The van der Waals surface area contributed by atoms with E-state index in [-0.39, 0.29) is 37.2 Å². The Kier molecular flexibility index (Phi) is 8.75. The second-order valence-electron chi connectivity index (χ2n) is 12.8. The fourth-order valence-corrected chi connectivity index (χ4v) is 8.55. The highest BCUT2D eigenvalue weighted by Crippen LogP contribution is 2.37. The van der Waals surface area contributed by atoms with Crippen LogP contribution in [0, 0.1) is 5.82 Å². The first-order chi connectivity index (χ1) is 24.3. The number of fused-ring (bicyclic) bond motifs is 2. The summed E-state index contributed by atoms with van der Waals surface area (Å²) in [4.78, 5) is 28.0. The van der Waals surface area contributed by atoms with E-state index in [0.29, 0.717) is 61.2 Å². The van der Waals surface area contributed by atoms with Gasteiger partial charge in [0.2, 0.25) is 29.6 Å². The van der Waals surface area contributed by atoms with E-state index in [4.69, 9.17) is 28.9 Å². The van der Waals surface area contributed by atoms with Crippen LogP contribution in [0.25, 0.3) is 11.3 Å². The summed E-state index contributed by atoms with van der Waals surface area (Å²) in [6.45, 7) is 4.47. The minimum absolute atomic E-state index is 0.0246. The molecule has 14 heteroatoms. The van der Waals surface area contributed by atoms with Gasteiger partial charge in [0.25, 0.3) is 0 Å². The predicted molar refractivity (Wildman–Crippen MR) is 180 cm³/mol. The number of carbonyl (C=O) groups is 1. The maximum Gasteiger partial charge on any atom is 0.243 e. The maximum atomic E-state index is 13.6. The zero-order valence-electron chi connectivity index (χ0n) is 27.3. The smallest absolute Gasteiger partial charge is 0.243 e. The van der Waals surface area contributed by atoms with Crippen molar-refractivity contribution in [3.63, 3.8) is 0 Å². The molecule has 1 aromatic heterocycles. The third-order valence-electron chi connectivity index (χ3n) is 9.56. The zero-order chi connectivity index (χ0) is 34.2. The molecule has 0 radical (unpaired) electrons. The molecule has 3 aromatic carbocycles. The van der Waals surface area contributed by atoms with Gasteiger partial charge in [-0.15, -0.1) is 0 Å². The van der Waals surface area contributed by atoms with Crippen molar-refractivity contribution in [1.29, 1.82) is 0 Å². The van der Waals surface area contributed by atoms with Crippen LogP contribution in [-0.4, -0.2) is 85.7 Å². The summed E-state index contributed by atoms with van der Waals surface area (Å²) in [5, 5.41) is 0. The van der Waals surface area contributed by atoms with E-state index in [1.165, 1.54) is 16.4 Å². The standard InChI is InChI=1S/C36H36FN5O7S/c37-26-5-8-28(9-6-26)50(44,45)42-13-1-2-30(42)31(43)10-7-27-20-29(25-4-12-33-35(19-25)49-23-47-33)39-36(38-27)41-16-14-40(15-17-41)21-24-3-11-32-34(18-24)48-22-46-32/h3-6,8-9,11-12,18-20,30H,1-2,7,10,13-17,21-23H2/t30-/m0/s1. The van der Waals surface area contributed by atoms with Gasteiger partial charge in [0.1, 0.15) is 5.82 Å². The Hall–Kier alpha value is -4.79. The molecule has 2 fully saturated rings. The van der Waals surface area contributed by atoms with E-state index in [0.717, 1.165) is 54.4 Å². The monoisotopic (exact) mass is 701 g/mol. The van der Waals surface area contributed by atoms with Gasteiger partial charge < -0.3 is 23.8 Å². The molecule has 0 unspecified atom stereocenters. The average molecular weight is 702 g/mol. The lowest BCUT2D eigenvalue weighted by atomic mass is 10.0. The van der Waals surface area contributed by atoms with Crippen molar-refractivity contribution in [3.05, 3.63) is 83.8 Å². The van der Waals surface area contributed by atoms with Gasteiger partial charge in [-0.05, 0) is 85.5 Å². The average Bonchev–Trinajstić information content (AvgIpc) is 3.92. The molecule has 0 spiro atoms. The lowest BCUT2D eigenvalue weighted by molar-refractivity contribution is -0.122. The zero-order valence-corrected chi connectivity index (χ0v) is 28.1. The Bertz CT molecular complexity index is 2020. The van der Waals surface area contributed by atoms with E-state index >= 15 is 0 Å². The summed E-state index contributed by atoms with van der Waals surface area (Å²) < 4.78 is 63.7. The summed E-state index contributed by atoms with van der Waals surface area (Å²) in [5.74, 6) is 2.74. The summed E-state index contributed by atoms with van der Waals surface area (Å²) >= 11 is 0. The van der Waals surface area contributed by atoms with Crippen LogP contribution in [0.1, 0.15) is 30.5 Å². The van der Waals surface area contributed by atoms with Crippen molar-refractivity contribution in [2.75, 3.05) is 51.2 Å². The summed E-state index contributed by atoms with van der Waals surface area (Å²) in [6, 6.07) is 17.5. The number of ether oxygens (including phenoxy) is 4. The van der Waals surface area contributed by atoms with E-state index < -0.39 is 21.9 Å². The number of carbonyl (C=O) groups excluding carboxylic acids is 1. The number of piperazine rings is 1. The quantitative estimate of drug-likeness (QED) is 0.234. The van der Waals surface area contributed by atoms with Crippen molar-refractivity contribution in [3.8, 4) is 34.3 Å². The van der Waals surface area contributed by atoms with Crippen LogP contribution in [0.2, 0.25) is 0 Å². The highest BCUT2D eigenvalue weighted by atomic mass is 32.2. The van der Waals surface area contributed by atoms with E-state index in [9.17, 15) is 17.6 Å². The highest BCUT2D eigenvalue weighted by Gasteiger charge is 2.39. The van der Waals surface area contributed by atoms with Gasteiger partial charge in [0, 0.05) is 56.9 Å². The Morgan fingerprint density at radius 1 is 0.800 bits per heavy atom. The van der Waals surface area contributed by atoms with Crippen LogP contribution < -0.4 is 23.8 Å². The summed E-state index contributed by atoms with van der Waals surface area (Å²) in [6.07, 6.45) is 1.44. The third-order valence-corrected chi connectivity index (χ3v) is 11.5. The lowest BCUT2D eigenvalue weighted by Gasteiger charge is -2.35. The molecular formula is C36H36FN5O7S. The topological polar surface area (TPSA) is 124 Å². The van der Waals surface area contributed by atoms with Gasteiger partial charge in [-0.1, -0.05) is 6.07 Å². The Labute approximate surface area is 289 Å². The number of rotatable bonds is 10. The third kappa shape index (κ3) is 6.57. The van der Waals surface area contributed by atoms with Crippen molar-refractivity contribution in [2.45, 2.75) is 43.2 Å². The van der Waals surface area contributed by atoms with Gasteiger partial charge in [-0.25, -0.2) is 22.8 Å². The number of aromatic nitrogens is 2. The molecule has 0 bridgehead atoms. The second-order valence-corrected chi connectivity index (χ2v) is 14.6. The molecule has 260 valence electrons. The predicted octanol–water partition coefficient (Wildman–Crippen LogP) is 4.42. The molecule has 0 amide bonds. The molecule has 1 atom stereocenters. The largest absolute Gasteiger partial charge is 0.454 e. The molecule has 4 aliphatic heterocycles. The van der Waals surface area contributed by atoms with E-state index in [2.05, 4.69) is 15.9 Å². The van der Waals surface area contributed by atoms with Gasteiger partial charge >= 0.3 is 0 Å². The molecule has 0 N–H and O–H groups in total. The van der Waals surface area contributed by atoms with Crippen LogP contribution in [0.5, 0.6) is 23.0 Å². The van der Waals surface area contributed by atoms with Crippen molar-refractivity contribution < 1.29 is 36.6 Å². The molecule has 0 aliphatic carbocycles. The SMILES string of the molecule is O=C(CCc1cc(-c2ccc3c(c2)OCO3)nc(N2CCN(Cc3ccc4c(c3)OCO4)CC2)n1)[C@@H]1CCCN1S(=O)(=O)c1ccc(F)cc1. The number of ketones is 1. The first kappa shape index (κ1) is 32.4. The molecule has 4 aliphatic rings. The van der Waals surface area contributed by atoms with E-state index in [1.807, 2.05) is 36.4 Å². The number of halogens is 1. The summed E-state index contributed by atoms with van der Waals surface area (Å²) in [5.41, 5.74) is 3.37. The molecule has 0 saturated carbocycles. The fraction of sp³-hybridized carbons (Fsp3) is 0.361. The second kappa shape index (κ2) is 13.5. The van der Waals surface area contributed by atoms with Crippen LogP contribution in [0.4, 0.5) is 10.3 Å². The minimum atomic E-state index is -3.95. The van der Waals surface area contributed by atoms with Crippen molar-refractivity contribution in [2.24, 2.45) is 0 Å². The first-order valence-electron chi connectivity index (χ1n) is 16.7. The molecule has 12 nitrogen and oxygen atoms in total. The molecule has 5 heterocycles. The van der Waals surface area contributed by atoms with Gasteiger partial charge in [-0.2, -0.15) is 4.31 Å². The number of Topliss-reactive ketones (excluding diaryl/α,β-unsaturated/α-hetero) is 1. The Balaban J connectivity index is 0.989. The highest BCUT2D eigenvalue weighted by molar-refractivity contribution is 7.89. The maximum absolute atomic E-state index is 13.6. The normalized spacial score (nSPS) is 18.9. The lowest BCUT2D eigenvalue weighted by Crippen LogP contribution is -2.46. The number of hydrogen-bond acceptors (Lipinski definition) is 11. The number of benzene rings is 3. The number of nitrogens with zero attached hydrogens (tertiary/aromatic N) is 5. The summed E-state index contributed by atoms with van der Waals surface area (Å²) in [7, 11) is -3.95. The van der Waals surface area contributed by atoms with Crippen LogP contribution >= 0.6 is 0 Å². The van der Waals surface area contributed by atoms with E-state index in [1.54, 1.807) is 0 Å². The van der Waals surface area contributed by atoms with Crippen molar-refractivity contribution >= 4 is 21.8 Å². The number of anilines is 1. The van der Waals surface area contributed by atoms with Gasteiger partial charge in [0.15, 0.2) is 28.8 Å². The van der Waals surface area contributed by atoms with Crippen LogP contribution in [0.3, 0.4) is 0 Å². The van der Waals surface area contributed by atoms with Crippen LogP contribution in [0.15, 0.2) is 71.6 Å².